The number of carbonyl (C=O) groups is 2. The number of rotatable bonds is 5. The molecule has 0 saturated carbocycles. The molecular formula is C14H20N2O3. The summed E-state index contributed by atoms with van der Waals surface area (Å²) in [5.74, 6) is -0.590. The molecule has 1 rings (SSSR count). The van der Waals surface area contributed by atoms with Crippen LogP contribution in [0.4, 0.5) is 5.69 Å². The van der Waals surface area contributed by atoms with Gasteiger partial charge in [-0.15, -0.1) is 0 Å². The van der Waals surface area contributed by atoms with Gasteiger partial charge in [0.25, 0.3) is 0 Å². The van der Waals surface area contributed by atoms with Crippen LogP contribution in [0, 0.1) is 5.41 Å². The Morgan fingerprint density at radius 2 is 2.05 bits per heavy atom. The van der Waals surface area contributed by atoms with Crippen LogP contribution >= 0.6 is 0 Å². The maximum atomic E-state index is 12.0. The standard InChI is InChI=1S/C14H20N2O3/c1-4-19-12(17)10-6-5-7-11(8-10)16-13(18)14(2,3)9-15/h5-8H,4,9,15H2,1-3H3,(H,16,18). The Balaban J connectivity index is 2.83. The van der Waals surface area contributed by atoms with Gasteiger partial charge in [0.05, 0.1) is 17.6 Å². The van der Waals surface area contributed by atoms with Gasteiger partial charge in [0.2, 0.25) is 5.91 Å². The summed E-state index contributed by atoms with van der Waals surface area (Å²) in [7, 11) is 0. The van der Waals surface area contributed by atoms with Crippen molar-refractivity contribution in [2.75, 3.05) is 18.5 Å². The first kappa shape index (κ1) is 15.2. The Hall–Kier alpha value is -1.88. The lowest BCUT2D eigenvalue weighted by Crippen LogP contribution is -2.37. The number of benzene rings is 1. The molecule has 0 radical (unpaired) electrons. The van der Waals surface area contributed by atoms with Crippen LogP contribution < -0.4 is 11.1 Å². The Morgan fingerprint density at radius 3 is 2.63 bits per heavy atom. The van der Waals surface area contributed by atoms with E-state index in [1.165, 1.54) is 0 Å². The lowest BCUT2D eigenvalue weighted by molar-refractivity contribution is -0.123. The molecule has 19 heavy (non-hydrogen) atoms. The monoisotopic (exact) mass is 264 g/mol. The van der Waals surface area contributed by atoms with Crippen molar-refractivity contribution in [1.82, 2.24) is 0 Å². The molecular weight excluding hydrogens is 244 g/mol. The summed E-state index contributed by atoms with van der Waals surface area (Å²) in [5, 5.41) is 2.74. The molecule has 1 aromatic rings. The fourth-order valence-electron chi connectivity index (χ4n) is 1.33. The SMILES string of the molecule is CCOC(=O)c1cccc(NC(=O)C(C)(C)CN)c1. The average molecular weight is 264 g/mol. The molecule has 0 aromatic heterocycles. The molecule has 0 unspecified atom stereocenters. The normalized spacial score (nSPS) is 10.9. The number of nitrogens with one attached hydrogen (secondary N) is 1. The van der Waals surface area contributed by atoms with Crippen LogP contribution in [-0.2, 0) is 9.53 Å². The minimum atomic E-state index is -0.653. The molecule has 0 aliphatic carbocycles. The van der Waals surface area contributed by atoms with E-state index in [1.54, 1.807) is 45.0 Å². The van der Waals surface area contributed by atoms with E-state index in [2.05, 4.69) is 5.32 Å². The Morgan fingerprint density at radius 1 is 1.37 bits per heavy atom. The summed E-state index contributed by atoms with van der Waals surface area (Å²) in [6.07, 6.45) is 0. The quantitative estimate of drug-likeness (QED) is 0.794. The van der Waals surface area contributed by atoms with Crippen molar-refractivity contribution in [3.05, 3.63) is 29.8 Å². The highest BCUT2D eigenvalue weighted by Gasteiger charge is 2.25. The van der Waals surface area contributed by atoms with Crippen LogP contribution in [0.3, 0.4) is 0 Å². The summed E-state index contributed by atoms with van der Waals surface area (Å²) in [4.78, 5) is 23.5. The van der Waals surface area contributed by atoms with Gasteiger partial charge < -0.3 is 15.8 Å². The van der Waals surface area contributed by atoms with E-state index >= 15 is 0 Å². The van der Waals surface area contributed by atoms with Gasteiger partial charge >= 0.3 is 5.97 Å². The van der Waals surface area contributed by atoms with Crippen molar-refractivity contribution >= 4 is 17.6 Å². The van der Waals surface area contributed by atoms with Crippen molar-refractivity contribution in [3.63, 3.8) is 0 Å². The van der Waals surface area contributed by atoms with Gasteiger partial charge in [-0.05, 0) is 39.0 Å². The van der Waals surface area contributed by atoms with Crippen molar-refractivity contribution in [3.8, 4) is 0 Å². The van der Waals surface area contributed by atoms with Crippen LogP contribution in [0.1, 0.15) is 31.1 Å². The third-order valence-electron chi connectivity index (χ3n) is 2.76. The molecule has 0 spiro atoms. The number of ether oxygens (including phenoxy) is 1. The van der Waals surface area contributed by atoms with Crippen molar-refractivity contribution in [2.45, 2.75) is 20.8 Å². The van der Waals surface area contributed by atoms with E-state index in [-0.39, 0.29) is 12.5 Å². The highest BCUT2D eigenvalue weighted by Crippen LogP contribution is 2.18. The van der Waals surface area contributed by atoms with Gasteiger partial charge in [0.15, 0.2) is 0 Å². The van der Waals surface area contributed by atoms with Crippen molar-refractivity contribution in [1.29, 1.82) is 0 Å². The summed E-state index contributed by atoms with van der Waals surface area (Å²) in [6, 6.07) is 6.63. The van der Waals surface area contributed by atoms with E-state index in [4.69, 9.17) is 10.5 Å². The number of anilines is 1. The molecule has 0 saturated heterocycles. The Labute approximate surface area is 113 Å². The van der Waals surface area contributed by atoms with Crippen LogP contribution in [0.2, 0.25) is 0 Å². The predicted molar refractivity (Wildman–Crippen MR) is 73.9 cm³/mol. The van der Waals surface area contributed by atoms with E-state index in [0.29, 0.717) is 17.9 Å². The highest BCUT2D eigenvalue weighted by atomic mass is 16.5. The van der Waals surface area contributed by atoms with E-state index < -0.39 is 11.4 Å². The van der Waals surface area contributed by atoms with Gasteiger partial charge in [-0.3, -0.25) is 4.79 Å². The molecule has 3 N–H and O–H groups in total. The summed E-state index contributed by atoms with van der Waals surface area (Å²) >= 11 is 0. The molecule has 0 aliphatic rings. The number of carbonyl (C=O) groups excluding carboxylic acids is 2. The zero-order chi connectivity index (χ0) is 14.5. The number of hydrogen-bond donors (Lipinski definition) is 2. The number of esters is 1. The van der Waals surface area contributed by atoms with E-state index in [9.17, 15) is 9.59 Å². The molecule has 0 aliphatic heterocycles. The van der Waals surface area contributed by atoms with Gasteiger partial charge in [-0.2, -0.15) is 0 Å². The second-order valence-corrected chi connectivity index (χ2v) is 4.84. The van der Waals surface area contributed by atoms with Gasteiger partial charge in [-0.1, -0.05) is 6.07 Å². The van der Waals surface area contributed by atoms with Crippen molar-refractivity contribution in [2.24, 2.45) is 11.1 Å². The summed E-state index contributed by atoms with van der Waals surface area (Å²) < 4.78 is 4.90. The lowest BCUT2D eigenvalue weighted by Gasteiger charge is -2.21. The lowest BCUT2D eigenvalue weighted by atomic mass is 9.92. The third kappa shape index (κ3) is 4.06. The largest absolute Gasteiger partial charge is 0.462 e. The highest BCUT2D eigenvalue weighted by molar-refractivity contribution is 5.97. The van der Waals surface area contributed by atoms with Crippen molar-refractivity contribution < 1.29 is 14.3 Å². The van der Waals surface area contributed by atoms with E-state index in [1.807, 2.05) is 0 Å². The molecule has 5 nitrogen and oxygen atoms in total. The number of hydrogen-bond acceptors (Lipinski definition) is 4. The minimum absolute atomic E-state index is 0.184. The van der Waals surface area contributed by atoms with Gasteiger partial charge in [-0.25, -0.2) is 4.79 Å². The molecule has 1 aromatic carbocycles. The zero-order valence-electron chi connectivity index (χ0n) is 11.5. The number of amides is 1. The predicted octanol–water partition coefficient (Wildman–Crippen LogP) is 1.79. The maximum absolute atomic E-state index is 12.0. The summed E-state index contributed by atoms with van der Waals surface area (Å²) in [6.45, 7) is 5.83. The van der Waals surface area contributed by atoms with Gasteiger partial charge in [0, 0.05) is 12.2 Å². The van der Waals surface area contributed by atoms with E-state index in [0.717, 1.165) is 0 Å². The molecule has 5 heteroatoms. The Bertz CT molecular complexity index is 470. The second-order valence-electron chi connectivity index (χ2n) is 4.84. The molecule has 1 amide bonds. The molecule has 0 fully saturated rings. The van der Waals surface area contributed by atoms with Crippen LogP contribution in [0.15, 0.2) is 24.3 Å². The smallest absolute Gasteiger partial charge is 0.338 e. The molecule has 0 heterocycles. The fraction of sp³-hybridized carbons (Fsp3) is 0.429. The first-order valence-corrected chi connectivity index (χ1v) is 6.19. The maximum Gasteiger partial charge on any atom is 0.338 e. The average Bonchev–Trinajstić information content (AvgIpc) is 2.39. The fourth-order valence-corrected chi connectivity index (χ4v) is 1.33. The molecule has 0 bridgehead atoms. The van der Waals surface area contributed by atoms with Crippen LogP contribution in [0.5, 0.6) is 0 Å². The first-order chi connectivity index (χ1) is 8.90. The Kier molecular flexibility index (Phi) is 5.06. The number of nitrogens with two attached hydrogens (primary N) is 1. The van der Waals surface area contributed by atoms with Crippen LogP contribution in [0.25, 0.3) is 0 Å². The van der Waals surface area contributed by atoms with Gasteiger partial charge in [0.1, 0.15) is 0 Å². The summed E-state index contributed by atoms with van der Waals surface area (Å²) in [5.41, 5.74) is 5.85. The third-order valence-corrected chi connectivity index (χ3v) is 2.76. The van der Waals surface area contributed by atoms with Crippen LogP contribution in [-0.4, -0.2) is 25.0 Å². The molecule has 104 valence electrons. The zero-order valence-corrected chi connectivity index (χ0v) is 11.5. The first-order valence-electron chi connectivity index (χ1n) is 6.19. The topological polar surface area (TPSA) is 81.4 Å². The molecule has 0 atom stereocenters. The second kappa shape index (κ2) is 6.33. The minimum Gasteiger partial charge on any atom is -0.462 e.